The summed E-state index contributed by atoms with van der Waals surface area (Å²) in [5, 5.41) is 9.58. The van der Waals surface area contributed by atoms with E-state index in [1.807, 2.05) is 0 Å². The van der Waals surface area contributed by atoms with Crippen molar-refractivity contribution in [2.75, 3.05) is 17.1 Å². The van der Waals surface area contributed by atoms with Crippen LogP contribution in [0.2, 0.25) is 0 Å². The standard InChI is InChI=1S/C12H16N4O2S/c1-8-12(9(2)15-14-8)16-19(17,18)11-7-5-4-6-10(11)13-3/h4-7,13,16H,1-3H3,(H,14,15). The molecular weight excluding hydrogens is 264 g/mol. The summed E-state index contributed by atoms with van der Waals surface area (Å²) in [4.78, 5) is 0.206. The first-order valence-corrected chi connectivity index (χ1v) is 7.25. The molecule has 2 aromatic rings. The summed E-state index contributed by atoms with van der Waals surface area (Å²) >= 11 is 0. The maximum atomic E-state index is 12.4. The molecule has 3 N–H and O–H groups in total. The summed E-state index contributed by atoms with van der Waals surface area (Å²) in [6.45, 7) is 3.51. The van der Waals surface area contributed by atoms with Crippen molar-refractivity contribution in [3.05, 3.63) is 35.7 Å². The van der Waals surface area contributed by atoms with Crippen LogP contribution in [-0.4, -0.2) is 25.7 Å². The summed E-state index contributed by atoms with van der Waals surface area (Å²) in [6.07, 6.45) is 0. The fraction of sp³-hybridized carbons (Fsp3) is 0.250. The van der Waals surface area contributed by atoms with Crippen LogP contribution in [0.25, 0.3) is 0 Å². The number of para-hydroxylation sites is 1. The largest absolute Gasteiger partial charge is 0.387 e. The van der Waals surface area contributed by atoms with Crippen molar-refractivity contribution in [1.82, 2.24) is 10.2 Å². The van der Waals surface area contributed by atoms with Crippen LogP contribution in [0.15, 0.2) is 29.2 Å². The van der Waals surface area contributed by atoms with Gasteiger partial charge in [0.25, 0.3) is 10.0 Å². The molecule has 0 bridgehead atoms. The molecular formula is C12H16N4O2S. The van der Waals surface area contributed by atoms with Crippen LogP contribution in [0.3, 0.4) is 0 Å². The van der Waals surface area contributed by atoms with Crippen molar-refractivity contribution >= 4 is 21.4 Å². The summed E-state index contributed by atoms with van der Waals surface area (Å²) in [5.41, 5.74) is 2.34. The molecule has 0 saturated heterocycles. The van der Waals surface area contributed by atoms with Gasteiger partial charge in [-0.3, -0.25) is 9.82 Å². The number of anilines is 2. The zero-order chi connectivity index (χ0) is 14.0. The molecule has 0 spiro atoms. The number of H-pyrrole nitrogens is 1. The maximum absolute atomic E-state index is 12.4. The minimum absolute atomic E-state index is 0.206. The molecule has 19 heavy (non-hydrogen) atoms. The lowest BCUT2D eigenvalue weighted by Gasteiger charge is -2.11. The molecule has 2 rings (SSSR count). The highest BCUT2D eigenvalue weighted by Crippen LogP contribution is 2.25. The Kier molecular flexibility index (Phi) is 3.48. The minimum atomic E-state index is -3.64. The Morgan fingerprint density at radius 2 is 1.89 bits per heavy atom. The quantitative estimate of drug-likeness (QED) is 0.798. The molecule has 0 aliphatic carbocycles. The van der Waals surface area contributed by atoms with Gasteiger partial charge in [-0.2, -0.15) is 5.10 Å². The smallest absolute Gasteiger partial charge is 0.264 e. The Morgan fingerprint density at radius 3 is 2.47 bits per heavy atom. The highest BCUT2D eigenvalue weighted by atomic mass is 32.2. The number of hydrogen-bond acceptors (Lipinski definition) is 4. The van der Waals surface area contributed by atoms with Crippen molar-refractivity contribution in [3.63, 3.8) is 0 Å². The van der Waals surface area contributed by atoms with Crippen molar-refractivity contribution < 1.29 is 8.42 Å². The minimum Gasteiger partial charge on any atom is -0.387 e. The third-order valence-corrected chi connectivity index (χ3v) is 4.22. The van der Waals surface area contributed by atoms with Gasteiger partial charge in [0.05, 0.1) is 22.8 Å². The van der Waals surface area contributed by atoms with Crippen LogP contribution in [0.1, 0.15) is 11.4 Å². The van der Waals surface area contributed by atoms with Crippen molar-refractivity contribution in [2.24, 2.45) is 0 Å². The number of aryl methyl sites for hydroxylation is 2. The van der Waals surface area contributed by atoms with Crippen molar-refractivity contribution in [3.8, 4) is 0 Å². The van der Waals surface area contributed by atoms with Gasteiger partial charge in [0.15, 0.2) is 0 Å². The molecule has 7 heteroatoms. The molecule has 102 valence electrons. The number of rotatable bonds is 4. The second-order valence-electron chi connectivity index (χ2n) is 4.16. The molecule has 0 radical (unpaired) electrons. The van der Waals surface area contributed by atoms with E-state index in [9.17, 15) is 8.42 Å². The molecule has 0 amide bonds. The van der Waals surface area contributed by atoms with Crippen LogP contribution < -0.4 is 10.0 Å². The Labute approximate surface area is 112 Å². The van der Waals surface area contributed by atoms with E-state index in [0.29, 0.717) is 22.8 Å². The van der Waals surface area contributed by atoms with Crippen LogP contribution >= 0.6 is 0 Å². The van der Waals surface area contributed by atoms with Crippen LogP contribution in [0.4, 0.5) is 11.4 Å². The molecule has 1 heterocycles. The number of benzene rings is 1. The monoisotopic (exact) mass is 280 g/mol. The first-order chi connectivity index (χ1) is 8.95. The zero-order valence-corrected chi connectivity index (χ0v) is 11.8. The fourth-order valence-corrected chi connectivity index (χ4v) is 3.19. The van der Waals surface area contributed by atoms with Gasteiger partial charge >= 0.3 is 0 Å². The second kappa shape index (κ2) is 4.93. The second-order valence-corrected chi connectivity index (χ2v) is 5.81. The van der Waals surface area contributed by atoms with E-state index in [0.717, 1.165) is 0 Å². The summed E-state index contributed by atoms with van der Waals surface area (Å²) < 4.78 is 27.3. The average molecular weight is 280 g/mol. The number of nitrogens with zero attached hydrogens (tertiary/aromatic N) is 1. The Balaban J connectivity index is 2.44. The fourth-order valence-electron chi connectivity index (χ4n) is 1.80. The Morgan fingerprint density at radius 1 is 1.21 bits per heavy atom. The summed E-state index contributed by atoms with van der Waals surface area (Å²) in [7, 11) is -1.96. The van der Waals surface area contributed by atoms with E-state index in [-0.39, 0.29) is 4.90 Å². The normalized spacial score (nSPS) is 11.3. The van der Waals surface area contributed by atoms with Crippen LogP contribution in [-0.2, 0) is 10.0 Å². The molecule has 6 nitrogen and oxygen atoms in total. The summed E-state index contributed by atoms with van der Waals surface area (Å²) in [5.74, 6) is 0. The van der Waals surface area contributed by atoms with Gasteiger partial charge in [-0.1, -0.05) is 12.1 Å². The first kappa shape index (κ1) is 13.4. The zero-order valence-electron chi connectivity index (χ0n) is 11.0. The molecule has 1 aromatic carbocycles. The number of aromatic amines is 1. The Bertz CT molecular complexity index is 672. The molecule has 0 unspecified atom stereocenters. The topological polar surface area (TPSA) is 86.9 Å². The predicted octanol–water partition coefficient (Wildman–Crippen LogP) is 1.87. The van der Waals surface area contributed by atoms with Gasteiger partial charge in [0.2, 0.25) is 0 Å². The molecule has 0 saturated carbocycles. The Hall–Kier alpha value is -2.02. The SMILES string of the molecule is CNc1ccccc1S(=O)(=O)Nc1c(C)n[nH]c1C. The number of nitrogens with one attached hydrogen (secondary N) is 3. The number of aromatic nitrogens is 2. The predicted molar refractivity (Wildman–Crippen MR) is 74.9 cm³/mol. The number of sulfonamides is 1. The molecule has 0 aliphatic rings. The van der Waals surface area contributed by atoms with E-state index in [1.54, 1.807) is 45.2 Å². The van der Waals surface area contributed by atoms with Gasteiger partial charge < -0.3 is 5.32 Å². The number of hydrogen-bond donors (Lipinski definition) is 3. The van der Waals surface area contributed by atoms with Gasteiger partial charge in [-0.05, 0) is 26.0 Å². The van der Waals surface area contributed by atoms with E-state index < -0.39 is 10.0 Å². The first-order valence-electron chi connectivity index (χ1n) is 5.77. The van der Waals surface area contributed by atoms with Gasteiger partial charge in [-0.15, -0.1) is 0 Å². The third-order valence-electron chi connectivity index (χ3n) is 2.81. The molecule has 0 fully saturated rings. The van der Waals surface area contributed by atoms with Crippen molar-refractivity contribution in [1.29, 1.82) is 0 Å². The van der Waals surface area contributed by atoms with Crippen LogP contribution in [0, 0.1) is 13.8 Å². The van der Waals surface area contributed by atoms with E-state index >= 15 is 0 Å². The lowest BCUT2D eigenvalue weighted by Crippen LogP contribution is -2.15. The highest BCUT2D eigenvalue weighted by molar-refractivity contribution is 7.92. The van der Waals surface area contributed by atoms with Gasteiger partial charge in [0.1, 0.15) is 4.90 Å². The van der Waals surface area contributed by atoms with Gasteiger partial charge in [0, 0.05) is 7.05 Å². The van der Waals surface area contributed by atoms with E-state index in [2.05, 4.69) is 20.2 Å². The van der Waals surface area contributed by atoms with E-state index in [1.165, 1.54) is 0 Å². The lowest BCUT2D eigenvalue weighted by atomic mass is 10.3. The van der Waals surface area contributed by atoms with Crippen molar-refractivity contribution in [2.45, 2.75) is 18.7 Å². The molecule has 0 atom stereocenters. The highest BCUT2D eigenvalue weighted by Gasteiger charge is 2.20. The lowest BCUT2D eigenvalue weighted by molar-refractivity contribution is 0.601. The third kappa shape index (κ3) is 2.55. The average Bonchev–Trinajstić information content (AvgIpc) is 2.70. The van der Waals surface area contributed by atoms with Gasteiger partial charge in [-0.25, -0.2) is 8.42 Å². The summed E-state index contributed by atoms with van der Waals surface area (Å²) in [6, 6.07) is 6.73. The maximum Gasteiger partial charge on any atom is 0.264 e. The molecule has 1 aromatic heterocycles. The molecule has 0 aliphatic heterocycles. The van der Waals surface area contributed by atoms with E-state index in [4.69, 9.17) is 0 Å². The van der Waals surface area contributed by atoms with Crippen LogP contribution in [0.5, 0.6) is 0 Å².